The van der Waals surface area contributed by atoms with Gasteiger partial charge in [0.1, 0.15) is 0 Å². The Morgan fingerprint density at radius 1 is 0.567 bits per heavy atom. The number of benzene rings is 4. The van der Waals surface area contributed by atoms with Crippen molar-refractivity contribution in [2.45, 2.75) is 131 Å². The Bertz CT molecular complexity index is 2600. The van der Waals surface area contributed by atoms with Crippen LogP contribution in [0.4, 0.5) is 0 Å². The molecule has 0 saturated carbocycles. The van der Waals surface area contributed by atoms with Crippen LogP contribution in [0.1, 0.15) is 122 Å². The van der Waals surface area contributed by atoms with Gasteiger partial charge in [-0.25, -0.2) is 9.59 Å². The molecule has 0 amide bonds. The Kier molecular flexibility index (Phi) is 11.8. The van der Waals surface area contributed by atoms with Gasteiger partial charge in [-0.2, -0.15) is 0 Å². The van der Waals surface area contributed by atoms with Crippen molar-refractivity contribution in [3.63, 3.8) is 0 Å². The minimum absolute atomic E-state index is 0.604. The Morgan fingerprint density at radius 3 is 1.53 bits per heavy atom. The van der Waals surface area contributed by atoms with E-state index in [0.717, 1.165) is 88.1 Å². The molecule has 0 radical (unpaired) electrons. The van der Waals surface area contributed by atoms with Gasteiger partial charge in [0.2, 0.25) is 0 Å². The second-order valence-corrected chi connectivity index (χ2v) is 18.5. The first-order chi connectivity index (χ1) is 28.3. The summed E-state index contributed by atoms with van der Waals surface area (Å²) in [6.45, 7) is 19.2. The summed E-state index contributed by atoms with van der Waals surface area (Å²) in [5.74, 6) is -1.99. The van der Waals surface area contributed by atoms with Crippen LogP contribution < -0.4 is 0 Å². The minimum Gasteiger partial charge on any atom is -0.479 e. The molecule has 2 aliphatic carbocycles. The number of carboxylic acids is 2. The number of pyridine rings is 2. The molecule has 2 atom stereocenters. The van der Waals surface area contributed by atoms with Crippen molar-refractivity contribution in [2.75, 3.05) is 0 Å². The SMILES string of the molecule is Cc1ccc(-c2c(C(OC(C)(C)C)C(=O)O)c(C)nc3cc4c(cc23)CCC4)cc1.Cc1ccc(-c2c(C(OC(C)(C)C)C(=O)O)c(C)nc3ccc4c(c23)CCC4)cc1. The van der Waals surface area contributed by atoms with Crippen LogP contribution in [0.5, 0.6) is 0 Å². The number of aromatic nitrogens is 2. The zero-order valence-electron chi connectivity index (χ0n) is 36.7. The van der Waals surface area contributed by atoms with Gasteiger partial charge in [0.15, 0.2) is 12.2 Å². The molecule has 2 aromatic heterocycles. The second kappa shape index (κ2) is 16.5. The maximum Gasteiger partial charge on any atom is 0.337 e. The van der Waals surface area contributed by atoms with E-state index in [0.29, 0.717) is 22.5 Å². The summed E-state index contributed by atoms with van der Waals surface area (Å²) in [5.41, 5.74) is 14.9. The molecule has 6 aromatic rings. The van der Waals surface area contributed by atoms with Crippen LogP contribution >= 0.6 is 0 Å². The molecule has 2 N–H and O–H groups in total. The third-order valence-corrected chi connectivity index (χ3v) is 11.5. The van der Waals surface area contributed by atoms with E-state index in [2.05, 4.69) is 86.6 Å². The van der Waals surface area contributed by atoms with Gasteiger partial charge in [-0.3, -0.25) is 9.97 Å². The Balaban J connectivity index is 0.000000181. The predicted molar refractivity (Wildman–Crippen MR) is 240 cm³/mol. The standard InChI is InChI=1S/2C26H29NO3/c1-15-9-11-17(12-10-15)23-20-13-18-7-6-8-19(18)14-21(20)27-16(2)22(23)24(25(28)29)30-26(3,4)5;1-15-9-11-18(12-10-15)22-21(24(25(28)29)30-26(3,4)5)16(2)27-20-14-13-17-7-6-8-19(17)23(20)22/h2*9-14,24H,6-8H2,1-5H3,(H,28,29). The van der Waals surface area contributed by atoms with Crippen LogP contribution in [0.25, 0.3) is 44.1 Å². The van der Waals surface area contributed by atoms with Gasteiger partial charge < -0.3 is 19.7 Å². The van der Waals surface area contributed by atoms with Crippen LogP contribution in [0.15, 0.2) is 72.8 Å². The molecule has 2 unspecified atom stereocenters. The van der Waals surface area contributed by atoms with E-state index in [1.54, 1.807) is 0 Å². The molecule has 0 aliphatic heterocycles. The number of aryl methyl sites for hydroxylation is 8. The van der Waals surface area contributed by atoms with E-state index in [9.17, 15) is 19.8 Å². The Hall–Kier alpha value is -5.44. The monoisotopic (exact) mass is 806 g/mol. The topological polar surface area (TPSA) is 119 Å². The fourth-order valence-electron chi connectivity index (χ4n) is 8.92. The molecule has 0 bridgehead atoms. The molecular formula is C52H58N2O6. The maximum absolute atomic E-state index is 12.4. The lowest BCUT2D eigenvalue weighted by molar-refractivity contribution is -0.161. The number of rotatable bonds is 8. The van der Waals surface area contributed by atoms with Crippen molar-refractivity contribution in [2.24, 2.45) is 0 Å². The van der Waals surface area contributed by atoms with E-state index < -0.39 is 35.3 Å². The summed E-state index contributed by atoms with van der Waals surface area (Å²) in [6, 6.07) is 25.2. The summed E-state index contributed by atoms with van der Waals surface area (Å²) < 4.78 is 12.1. The lowest BCUT2D eigenvalue weighted by Gasteiger charge is -2.28. The van der Waals surface area contributed by atoms with Gasteiger partial charge in [0.05, 0.1) is 22.2 Å². The number of fused-ring (bicyclic) bond motifs is 5. The van der Waals surface area contributed by atoms with E-state index in [4.69, 9.17) is 19.4 Å². The molecule has 60 heavy (non-hydrogen) atoms. The van der Waals surface area contributed by atoms with Crippen molar-refractivity contribution < 1.29 is 29.3 Å². The molecule has 0 spiro atoms. The Labute approximate surface area is 354 Å². The highest BCUT2D eigenvalue weighted by molar-refractivity contribution is 6.02. The molecular weight excluding hydrogens is 749 g/mol. The highest BCUT2D eigenvalue weighted by Gasteiger charge is 2.34. The summed E-state index contributed by atoms with van der Waals surface area (Å²) in [5, 5.41) is 22.3. The van der Waals surface area contributed by atoms with E-state index in [1.165, 1.54) is 27.8 Å². The van der Waals surface area contributed by atoms with Crippen molar-refractivity contribution >= 4 is 33.7 Å². The predicted octanol–water partition coefficient (Wildman–Crippen LogP) is 11.9. The summed E-state index contributed by atoms with van der Waals surface area (Å²) in [4.78, 5) is 34.4. The number of hydrogen-bond donors (Lipinski definition) is 2. The first-order valence-electron chi connectivity index (χ1n) is 21.2. The fourth-order valence-corrected chi connectivity index (χ4v) is 8.92. The fraction of sp³-hybridized carbons (Fsp3) is 0.385. The number of aliphatic carboxylic acids is 2. The largest absolute Gasteiger partial charge is 0.479 e. The maximum atomic E-state index is 12.4. The van der Waals surface area contributed by atoms with Gasteiger partial charge in [0, 0.05) is 33.3 Å². The summed E-state index contributed by atoms with van der Waals surface area (Å²) in [6.07, 6.45) is 4.29. The first kappa shape index (κ1) is 42.7. The number of nitrogens with zero attached hydrogens (tertiary/aromatic N) is 2. The van der Waals surface area contributed by atoms with Crippen molar-refractivity contribution in [1.82, 2.24) is 9.97 Å². The molecule has 4 aromatic carbocycles. The number of ether oxygens (including phenoxy) is 2. The third-order valence-electron chi connectivity index (χ3n) is 11.5. The van der Waals surface area contributed by atoms with Crippen molar-refractivity contribution in [1.29, 1.82) is 0 Å². The number of hydrogen-bond acceptors (Lipinski definition) is 6. The van der Waals surface area contributed by atoms with Crippen molar-refractivity contribution in [3.05, 3.63) is 129 Å². The molecule has 8 rings (SSSR count). The first-order valence-corrected chi connectivity index (χ1v) is 21.2. The zero-order chi connectivity index (χ0) is 43.3. The molecule has 312 valence electrons. The van der Waals surface area contributed by atoms with Crippen molar-refractivity contribution in [3.8, 4) is 22.3 Å². The summed E-state index contributed by atoms with van der Waals surface area (Å²) in [7, 11) is 0. The van der Waals surface area contributed by atoms with Gasteiger partial charge in [-0.15, -0.1) is 0 Å². The molecule has 8 nitrogen and oxygen atoms in total. The lowest BCUT2D eigenvalue weighted by atomic mass is 9.88. The van der Waals surface area contributed by atoms with E-state index in [-0.39, 0.29) is 0 Å². The molecule has 0 fully saturated rings. The summed E-state index contributed by atoms with van der Waals surface area (Å²) >= 11 is 0. The van der Waals surface area contributed by atoms with Gasteiger partial charge in [-0.1, -0.05) is 65.7 Å². The van der Waals surface area contributed by atoms with E-state index >= 15 is 0 Å². The number of carbonyl (C=O) groups is 2. The van der Waals surface area contributed by atoms with Gasteiger partial charge in [-0.05, 0) is 170 Å². The quantitative estimate of drug-likeness (QED) is 0.156. The smallest absolute Gasteiger partial charge is 0.337 e. The van der Waals surface area contributed by atoms with Crippen LogP contribution in [0.2, 0.25) is 0 Å². The minimum atomic E-state index is -1.09. The van der Waals surface area contributed by atoms with Crippen LogP contribution in [-0.4, -0.2) is 43.3 Å². The Morgan fingerprint density at radius 2 is 1.02 bits per heavy atom. The normalized spacial score (nSPS) is 14.7. The second-order valence-electron chi connectivity index (χ2n) is 18.5. The van der Waals surface area contributed by atoms with Gasteiger partial charge >= 0.3 is 11.9 Å². The molecule has 8 heteroatoms. The highest BCUT2D eigenvalue weighted by Crippen LogP contribution is 2.44. The van der Waals surface area contributed by atoms with Crippen LogP contribution in [0.3, 0.4) is 0 Å². The third kappa shape index (κ3) is 8.86. The highest BCUT2D eigenvalue weighted by atomic mass is 16.5. The molecule has 2 aliphatic rings. The van der Waals surface area contributed by atoms with Gasteiger partial charge in [0.25, 0.3) is 0 Å². The average molecular weight is 807 g/mol. The van der Waals surface area contributed by atoms with Crippen LogP contribution in [-0.2, 0) is 44.7 Å². The number of carboxylic acid groups (broad SMARTS) is 2. The molecule has 0 saturated heterocycles. The molecule has 2 heterocycles. The van der Waals surface area contributed by atoms with E-state index in [1.807, 2.05) is 55.4 Å². The van der Waals surface area contributed by atoms with Crippen LogP contribution in [0, 0.1) is 27.7 Å². The average Bonchev–Trinajstić information content (AvgIpc) is 3.84. The lowest BCUT2D eigenvalue weighted by Crippen LogP contribution is -2.28. The zero-order valence-corrected chi connectivity index (χ0v) is 36.7.